The molecule has 2 aromatic rings. The van der Waals surface area contributed by atoms with E-state index in [0.717, 1.165) is 17.6 Å². The van der Waals surface area contributed by atoms with Crippen LogP contribution < -0.4 is 9.64 Å². The number of benzene rings is 2. The number of carbonyl (C=O) groups is 2. The van der Waals surface area contributed by atoms with Crippen molar-refractivity contribution in [2.45, 2.75) is 6.54 Å². The van der Waals surface area contributed by atoms with Crippen LogP contribution in [0.2, 0.25) is 0 Å². The van der Waals surface area contributed by atoms with Crippen LogP contribution in [0.5, 0.6) is 5.75 Å². The number of carbonyl (C=O) groups excluding carboxylic acids is 2. The quantitative estimate of drug-likeness (QED) is 0.692. The van der Waals surface area contributed by atoms with Crippen LogP contribution in [0.25, 0.3) is 0 Å². The predicted octanol–water partition coefficient (Wildman–Crippen LogP) is 3.80. The minimum absolute atomic E-state index is 0.0307. The molecule has 0 N–H and O–H groups in total. The monoisotopic (exact) mass is 418 g/mol. The van der Waals surface area contributed by atoms with E-state index in [0.29, 0.717) is 30.1 Å². The van der Waals surface area contributed by atoms with Gasteiger partial charge in [0, 0.05) is 41.9 Å². The van der Waals surface area contributed by atoms with Crippen molar-refractivity contribution in [2.75, 3.05) is 43.7 Å². The highest BCUT2D eigenvalue weighted by Gasteiger charge is 2.25. The highest BCUT2D eigenvalue weighted by molar-refractivity contribution is 7.99. The molecule has 6 nitrogen and oxygen atoms in total. The number of urea groups is 1. The third kappa shape index (κ3) is 5.00. The molecule has 0 unspecified atom stereocenters. The van der Waals surface area contributed by atoms with Gasteiger partial charge in [0.05, 0.1) is 26.3 Å². The fourth-order valence-corrected chi connectivity index (χ4v) is 3.97. The molecule has 0 radical (unpaired) electrons. The first kappa shape index (κ1) is 21.0. The maximum Gasteiger partial charge on any atom is 0.337 e. The van der Waals surface area contributed by atoms with Crippen LogP contribution in [0.15, 0.2) is 42.5 Å². The van der Waals surface area contributed by atoms with Gasteiger partial charge in [-0.25, -0.2) is 14.0 Å². The molecule has 29 heavy (non-hydrogen) atoms. The second kappa shape index (κ2) is 9.65. The number of hydrogen-bond acceptors (Lipinski definition) is 5. The Balaban J connectivity index is 1.92. The number of anilines is 1. The number of methoxy groups -OCH3 is 2. The third-order valence-corrected chi connectivity index (χ3v) is 5.62. The van der Waals surface area contributed by atoms with Gasteiger partial charge in [0.15, 0.2) is 0 Å². The second-order valence-electron chi connectivity index (χ2n) is 6.47. The summed E-state index contributed by atoms with van der Waals surface area (Å²) in [6.07, 6.45) is 0. The zero-order valence-electron chi connectivity index (χ0n) is 16.4. The van der Waals surface area contributed by atoms with Crippen molar-refractivity contribution < 1.29 is 23.5 Å². The molecule has 1 saturated heterocycles. The van der Waals surface area contributed by atoms with Crippen molar-refractivity contribution >= 4 is 29.4 Å². The molecule has 0 aromatic heterocycles. The summed E-state index contributed by atoms with van der Waals surface area (Å²) in [5.41, 5.74) is 1.05. The van der Waals surface area contributed by atoms with E-state index >= 15 is 0 Å². The van der Waals surface area contributed by atoms with Crippen LogP contribution in [-0.4, -0.2) is 55.7 Å². The summed E-state index contributed by atoms with van der Waals surface area (Å²) in [6.45, 7) is 1.32. The second-order valence-corrected chi connectivity index (χ2v) is 7.69. The van der Waals surface area contributed by atoms with Crippen LogP contribution in [0.4, 0.5) is 14.9 Å². The molecule has 154 valence electrons. The SMILES string of the molecule is COC(=O)c1ccc(CN(C(=O)N2CCSCC2)c2cccc(OC)c2)c(F)c1. The minimum atomic E-state index is -0.609. The van der Waals surface area contributed by atoms with Crippen molar-refractivity contribution in [1.82, 2.24) is 4.90 Å². The lowest BCUT2D eigenvalue weighted by Crippen LogP contribution is -2.46. The molecule has 0 saturated carbocycles. The van der Waals surface area contributed by atoms with Crippen LogP contribution in [0.3, 0.4) is 0 Å². The van der Waals surface area contributed by atoms with E-state index in [1.807, 2.05) is 0 Å². The number of amides is 2. The predicted molar refractivity (Wildman–Crippen MR) is 111 cm³/mol. The van der Waals surface area contributed by atoms with E-state index in [4.69, 9.17) is 4.74 Å². The molecule has 0 aliphatic carbocycles. The Morgan fingerprint density at radius 1 is 1.14 bits per heavy atom. The van der Waals surface area contributed by atoms with Crippen molar-refractivity contribution in [1.29, 1.82) is 0 Å². The molecule has 1 fully saturated rings. The van der Waals surface area contributed by atoms with Gasteiger partial charge in [-0.15, -0.1) is 0 Å². The number of nitrogens with zero attached hydrogens (tertiary/aromatic N) is 2. The van der Waals surface area contributed by atoms with Gasteiger partial charge >= 0.3 is 12.0 Å². The van der Waals surface area contributed by atoms with Gasteiger partial charge in [-0.3, -0.25) is 4.90 Å². The molecular formula is C21H23FN2O4S. The summed E-state index contributed by atoms with van der Waals surface area (Å²) >= 11 is 1.81. The van der Waals surface area contributed by atoms with Crippen molar-refractivity contribution in [3.05, 3.63) is 59.4 Å². The van der Waals surface area contributed by atoms with E-state index in [1.165, 1.54) is 24.1 Å². The lowest BCUT2D eigenvalue weighted by atomic mass is 10.1. The Bertz CT molecular complexity index is 887. The largest absolute Gasteiger partial charge is 0.497 e. The molecule has 3 rings (SSSR count). The van der Waals surface area contributed by atoms with Crippen LogP contribution >= 0.6 is 11.8 Å². The Labute approximate surface area is 173 Å². The number of ether oxygens (including phenoxy) is 2. The lowest BCUT2D eigenvalue weighted by Gasteiger charge is -2.33. The van der Waals surface area contributed by atoms with E-state index in [2.05, 4.69) is 4.74 Å². The molecular weight excluding hydrogens is 395 g/mol. The average Bonchev–Trinajstić information content (AvgIpc) is 2.77. The van der Waals surface area contributed by atoms with Crippen molar-refractivity contribution in [3.8, 4) is 5.75 Å². The van der Waals surface area contributed by atoms with E-state index in [9.17, 15) is 14.0 Å². The van der Waals surface area contributed by atoms with Crippen molar-refractivity contribution in [3.63, 3.8) is 0 Å². The Kier molecular flexibility index (Phi) is 6.98. The first-order valence-electron chi connectivity index (χ1n) is 9.18. The van der Waals surface area contributed by atoms with Gasteiger partial charge in [-0.1, -0.05) is 12.1 Å². The van der Waals surface area contributed by atoms with E-state index < -0.39 is 11.8 Å². The molecule has 0 spiro atoms. The van der Waals surface area contributed by atoms with Crippen LogP contribution in [0.1, 0.15) is 15.9 Å². The van der Waals surface area contributed by atoms with Gasteiger partial charge in [-0.05, 0) is 24.3 Å². The topological polar surface area (TPSA) is 59.1 Å². The Morgan fingerprint density at radius 3 is 2.55 bits per heavy atom. The highest BCUT2D eigenvalue weighted by Crippen LogP contribution is 2.26. The summed E-state index contributed by atoms with van der Waals surface area (Å²) in [6, 6.07) is 11.1. The first-order chi connectivity index (χ1) is 14.0. The summed E-state index contributed by atoms with van der Waals surface area (Å²) in [5, 5.41) is 0. The fraction of sp³-hybridized carbons (Fsp3) is 0.333. The van der Waals surface area contributed by atoms with E-state index in [1.54, 1.807) is 48.0 Å². The zero-order chi connectivity index (χ0) is 20.8. The molecule has 8 heteroatoms. The van der Waals surface area contributed by atoms with Gasteiger partial charge < -0.3 is 14.4 Å². The standard InChI is InChI=1S/C21H23FN2O4S/c1-27-18-5-3-4-17(13-18)24(21(26)23-8-10-29-11-9-23)14-16-7-6-15(12-19(16)22)20(25)28-2/h3-7,12-13H,8-11,14H2,1-2H3. The van der Waals surface area contributed by atoms with Gasteiger partial charge in [0.2, 0.25) is 0 Å². The molecule has 1 aliphatic heterocycles. The zero-order valence-corrected chi connectivity index (χ0v) is 17.2. The smallest absolute Gasteiger partial charge is 0.337 e. The summed E-state index contributed by atoms with van der Waals surface area (Å²) in [4.78, 5) is 28.2. The lowest BCUT2D eigenvalue weighted by molar-refractivity contribution is 0.0600. The van der Waals surface area contributed by atoms with Crippen LogP contribution in [0, 0.1) is 5.82 Å². The number of rotatable bonds is 5. The molecule has 2 aromatic carbocycles. The summed E-state index contributed by atoms with van der Waals surface area (Å²) in [5.74, 6) is 1.18. The number of hydrogen-bond donors (Lipinski definition) is 0. The molecule has 1 heterocycles. The average molecular weight is 418 g/mol. The van der Waals surface area contributed by atoms with Crippen LogP contribution in [-0.2, 0) is 11.3 Å². The summed E-state index contributed by atoms with van der Waals surface area (Å²) in [7, 11) is 2.80. The molecule has 2 amide bonds. The van der Waals surface area contributed by atoms with Gasteiger partial charge in [0.1, 0.15) is 11.6 Å². The Hall–Kier alpha value is -2.74. The van der Waals surface area contributed by atoms with Gasteiger partial charge in [-0.2, -0.15) is 11.8 Å². The Morgan fingerprint density at radius 2 is 1.90 bits per heavy atom. The highest BCUT2D eigenvalue weighted by atomic mass is 32.2. The first-order valence-corrected chi connectivity index (χ1v) is 10.3. The number of halogens is 1. The fourth-order valence-electron chi connectivity index (χ4n) is 3.06. The maximum atomic E-state index is 14.7. The normalized spacial score (nSPS) is 13.7. The van der Waals surface area contributed by atoms with Crippen molar-refractivity contribution in [2.24, 2.45) is 0 Å². The number of thioether (sulfide) groups is 1. The minimum Gasteiger partial charge on any atom is -0.497 e. The maximum absolute atomic E-state index is 14.7. The molecule has 0 bridgehead atoms. The third-order valence-electron chi connectivity index (χ3n) is 4.68. The molecule has 1 aliphatic rings. The van der Waals surface area contributed by atoms with E-state index in [-0.39, 0.29) is 18.1 Å². The summed E-state index contributed by atoms with van der Waals surface area (Å²) < 4.78 is 24.6. The molecule has 0 atom stereocenters. The number of esters is 1. The van der Waals surface area contributed by atoms with Gasteiger partial charge in [0.25, 0.3) is 0 Å².